The summed E-state index contributed by atoms with van der Waals surface area (Å²) < 4.78 is 1.73. The molecule has 0 spiro atoms. The van der Waals surface area contributed by atoms with Crippen molar-refractivity contribution in [2.45, 2.75) is 45.6 Å². The van der Waals surface area contributed by atoms with Crippen LogP contribution in [0.1, 0.15) is 61.6 Å². The molecule has 0 radical (unpaired) electrons. The first-order valence-corrected chi connectivity index (χ1v) is 13.9. The molecule has 2 fully saturated rings. The SMILES string of the molecule is CC(=O)c1nn([C@H](C)c2ccc(Cl)cc2Cl)c2nc(N3CC([C@@H]4CCCN(CCCC(=O)O)C4)C3)cnc12. The van der Waals surface area contributed by atoms with Crippen LogP contribution in [0.2, 0.25) is 10.0 Å². The number of rotatable bonds is 9. The first-order valence-electron chi connectivity index (χ1n) is 13.1. The molecular weight excluding hydrogens is 527 g/mol. The average Bonchev–Trinajstić information content (AvgIpc) is 3.22. The molecule has 1 aromatic carbocycles. The fourth-order valence-corrected chi connectivity index (χ4v) is 6.23. The lowest BCUT2D eigenvalue weighted by Gasteiger charge is -2.47. The number of hydrogen-bond donors (Lipinski definition) is 1. The molecule has 2 aromatic heterocycles. The maximum Gasteiger partial charge on any atom is 0.303 e. The van der Waals surface area contributed by atoms with Gasteiger partial charge in [0.15, 0.2) is 17.1 Å². The Morgan fingerprint density at radius 1 is 1.18 bits per heavy atom. The maximum atomic E-state index is 12.3. The number of Topliss-reactive ketones (excluding diaryl/α,β-unsaturated/α-hetero) is 1. The summed E-state index contributed by atoms with van der Waals surface area (Å²) in [7, 11) is 0. The quantitative estimate of drug-likeness (QED) is 0.367. The van der Waals surface area contributed by atoms with Crippen molar-refractivity contribution in [3.63, 3.8) is 0 Å². The highest BCUT2D eigenvalue weighted by Gasteiger charge is 2.37. The van der Waals surface area contributed by atoms with Crippen LogP contribution in [0.4, 0.5) is 5.82 Å². The summed E-state index contributed by atoms with van der Waals surface area (Å²) in [4.78, 5) is 37.4. The molecule has 2 saturated heterocycles. The number of anilines is 1. The fraction of sp³-hybridized carbons (Fsp3) is 0.519. The van der Waals surface area contributed by atoms with Crippen LogP contribution >= 0.6 is 23.2 Å². The number of hydrogen-bond acceptors (Lipinski definition) is 7. The Labute approximate surface area is 231 Å². The van der Waals surface area contributed by atoms with E-state index in [2.05, 4.69) is 19.9 Å². The molecule has 2 atom stereocenters. The molecule has 0 unspecified atom stereocenters. The first kappa shape index (κ1) is 26.8. The number of aliphatic carboxylic acids is 1. The van der Waals surface area contributed by atoms with Crippen LogP contribution in [-0.2, 0) is 4.79 Å². The van der Waals surface area contributed by atoms with E-state index in [1.54, 1.807) is 23.0 Å². The Hall–Kier alpha value is -2.75. The summed E-state index contributed by atoms with van der Waals surface area (Å²) in [6, 6.07) is 5.07. The molecule has 4 heterocycles. The lowest BCUT2D eigenvalue weighted by atomic mass is 9.80. The number of halogens is 2. The van der Waals surface area contributed by atoms with E-state index in [0.29, 0.717) is 45.2 Å². The van der Waals surface area contributed by atoms with Crippen LogP contribution in [-0.4, -0.2) is 74.2 Å². The third-order valence-electron chi connectivity index (χ3n) is 7.81. The third-order valence-corrected chi connectivity index (χ3v) is 8.37. The number of carbonyl (C=O) groups is 2. The summed E-state index contributed by atoms with van der Waals surface area (Å²) in [5.74, 6) is 1.05. The Morgan fingerprint density at radius 2 is 1.97 bits per heavy atom. The predicted molar refractivity (Wildman–Crippen MR) is 147 cm³/mol. The van der Waals surface area contributed by atoms with Gasteiger partial charge in [0, 0.05) is 43.0 Å². The first-order chi connectivity index (χ1) is 18.2. The van der Waals surface area contributed by atoms with Gasteiger partial charge in [0.25, 0.3) is 0 Å². The standard InChI is InChI=1S/C27H32Cl2N6O3/c1-16(21-8-7-20(28)11-22(21)29)35-27-26(25(32-35)17(2)36)30-12-23(31-27)34-14-19(15-34)18-5-3-9-33(13-18)10-4-6-24(37)38/h7-8,11-12,16,18-19H,3-6,9-10,13-15H2,1-2H3,(H,37,38)/t16-,18-/m1/s1. The van der Waals surface area contributed by atoms with Crippen molar-refractivity contribution in [2.75, 3.05) is 37.6 Å². The lowest BCUT2D eigenvalue weighted by molar-refractivity contribution is -0.137. The number of ketones is 1. The normalized spacial score (nSPS) is 19.5. The molecule has 9 nitrogen and oxygen atoms in total. The number of piperidine rings is 1. The van der Waals surface area contributed by atoms with E-state index in [4.69, 9.17) is 33.3 Å². The second-order valence-corrected chi connectivity index (χ2v) is 11.3. The minimum absolute atomic E-state index is 0.167. The summed E-state index contributed by atoms with van der Waals surface area (Å²) >= 11 is 12.6. The van der Waals surface area contributed by atoms with Crippen molar-refractivity contribution < 1.29 is 14.7 Å². The largest absolute Gasteiger partial charge is 0.481 e. The minimum atomic E-state index is -0.728. The molecule has 1 N–H and O–H groups in total. The van der Waals surface area contributed by atoms with Gasteiger partial charge in [-0.05, 0) is 68.8 Å². The Kier molecular flexibility index (Phi) is 7.88. The monoisotopic (exact) mass is 558 g/mol. The number of carboxylic acids is 1. The van der Waals surface area contributed by atoms with Crippen molar-refractivity contribution in [3.8, 4) is 0 Å². The van der Waals surface area contributed by atoms with E-state index in [1.807, 2.05) is 13.0 Å². The summed E-state index contributed by atoms with van der Waals surface area (Å²) in [6.45, 7) is 8.17. The topological polar surface area (TPSA) is 104 Å². The van der Waals surface area contributed by atoms with Gasteiger partial charge in [0.05, 0.1) is 12.2 Å². The highest BCUT2D eigenvalue weighted by Crippen LogP contribution is 2.35. The molecule has 3 aromatic rings. The van der Waals surface area contributed by atoms with Gasteiger partial charge in [-0.2, -0.15) is 5.10 Å². The maximum absolute atomic E-state index is 12.3. The number of fused-ring (bicyclic) bond motifs is 1. The van der Waals surface area contributed by atoms with Crippen molar-refractivity contribution in [2.24, 2.45) is 11.8 Å². The Balaban J connectivity index is 1.32. The molecule has 11 heteroatoms. The molecule has 38 heavy (non-hydrogen) atoms. The van der Waals surface area contributed by atoms with Gasteiger partial charge in [-0.25, -0.2) is 14.6 Å². The van der Waals surface area contributed by atoms with Crippen LogP contribution in [0, 0.1) is 11.8 Å². The van der Waals surface area contributed by atoms with Crippen molar-refractivity contribution >= 4 is 51.9 Å². The van der Waals surface area contributed by atoms with Crippen LogP contribution in [0.25, 0.3) is 11.2 Å². The van der Waals surface area contributed by atoms with Crippen molar-refractivity contribution in [1.82, 2.24) is 24.6 Å². The fourth-order valence-electron chi connectivity index (χ4n) is 5.66. The number of carbonyl (C=O) groups excluding carboxylic acids is 1. The lowest BCUT2D eigenvalue weighted by Crippen LogP contribution is -2.54. The molecule has 2 aliphatic heterocycles. The van der Waals surface area contributed by atoms with E-state index in [-0.39, 0.29) is 18.2 Å². The van der Waals surface area contributed by atoms with Gasteiger partial charge in [-0.3, -0.25) is 9.59 Å². The number of likely N-dealkylation sites (tertiary alicyclic amines) is 1. The molecule has 5 rings (SSSR count). The van der Waals surface area contributed by atoms with Crippen LogP contribution < -0.4 is 4.90 Å². The number of nitrogens with zero attached hydrogens (tertiary/aromatic N) is 6. The van der Waals surface area contributed by atoms with E-state index in [1.165, 1.54) is 13.3 Å². The van der Waals surface area contributed by atoms with Gasteiger partial charge in [0.2, 0.25) is 0 Å². The van der Waals surface area contributed by atoms with Gasteiger partial charge < -0.3 is 14.9 Å². The summed E-state index contributed by atoms with van der Waals surface area (Å²) in [5.41, 5.74) is 2.16. The van der Waals surface area contributed by atoms with E-state index < -0.39 is 5.97 Å². The molecule has 0 saturated carbocycles. The second-order valence-electron chi connectivity index (χ2n) is 10.5. The molecule has 0 amide bonds. The van der Waals surface area contributed by atoms with Gasteiger partial charge in [-0.1, -0.05) is 29.3 Å². The van der Waals surface area contributed by atoms with Gasteiger partial charge in [-0.15, -0.1) is 0 Å². The zero-order valence-corrected chi connectivity index (χ0v) is 23.1. The molecule has 0 aliphatic carbocycles. The minimum Gasteiger partial charge on any atom is -0.481 e. The molecular formula is C27H32Cl2N6O3. The number of carboxylic acid groups (broad SMARTS) is 1. The van der Waals surface area contributed by atoms with E-state index >= 15 is 0 Å². The Morgan fingerprint density at radius 3 is 2.68 bits per heavy atom. The van der Waals surface area contributed by atoms with Crippen LogP contribution in [0.5, 0.6) is 0 Å². The Bertz CT molecular complexity index is 1360. The zero-order valence-electron chi connectivity index (χ0n) is 21.6. The second kappa shape index (κ2) is 11.2. The van der Waals surface area contributed by atoms with Crippen molar-refractivity contribution in [1.29, 1.82) is 0 Å². The number of aromatic nitrogens is 4. The summed E-state index contributed by atoms with van der Waals surface area (Å²) in [6.07, 6.45) is 5.01. The average molecular weight is 559 g/mol. The van der Waals surface area contributed by atoms with Crippen LogP contribution in [0.15, 0.2) is 24.4 Å². The molecule has 2 aliphatic rings. The van der Waals surface area contributed by atoms with E-state index in [9.17, 15) is 9.59 Å². The van der Waals surface area contributed by atoms with E-state index in [0.717, 1.165) is 50.5 Å². The molecule has 0 bridgehead atoms. The summed E-state index contributed by atoms with van der Waals surface area (Å²) in [5, 5.41) is 14.6. The zero-order chi connectivity index (χ0) is 27.0. The van der Waals surface area contributed by atoms with Crippen molar-refractivity contribution in [3.05, 3.63) is 45.7 Å². The molecule has 202 valence electrons. The van der Waals surface area contributed by atoms with Gasteiger partial charge >= 0.3 is 5.97 Å². The number of benzene rings is 1. The van der Waals surface area contributed by atoms with Gasteiger partial charge in [0.1, 0.15) is 11.3 Å². The smallest absolute Gasteiger partial charge is 0.303 e. The third kappa shape index (κ3) is 5.51. The highest BCUT2D eigenvalue weighted by atomic mass is 35.5. The highest BCUT2D eigenvalue weighted by molar-refractivity contribution is 6.35. The van der Waals surface area contributed by atoms with Crippen LogP contribution in [0.3, 0.4) is 0 Å². The predicted octanol–water partition coefficient (Wildman–Crippen LogP) is 4.96.